The van der Waals surface area contributed by atoms with Crippen molar-refractivity contribution in [1.82, 2.24) is 0 Å². The average molecular weight is 122 g/mol. The van der Waals surface area contributed by atoms with Gasteiger partial charge >= 0.3 is 37.7 Å². The third-order valence-electron chi connectivity index (χ3n) is 0. The van der Waals surface area contributed by atoms with Crippen LogP contribution in [-0.2, 0) is 0 Å². The maximum Gasteiger partial charge on any atom is 2.00 e. The van der Waals surface area contributed by atoms with E-state index in [1.165, 1.54) is 0 Å². The van der Waals surface area contributed by atoms with E-state index in [0.29, 0.717) is 10.5 Å². The van der Waals surface area contributed by atoms with Crippen LogP contribution in [0.2, 0.25) is 0 Å². The summed E-state index contributed by atoms with van der Waals surface area (Å²) in [4.78, 5) is 7.14. The number of hydrogen-bond acceptors (Lipinski definition) is 3. The standard InChI is InChI=1S/Ca.H4OSi.2H2O/c;1-2;;/h;1H,2H3;2*1H2/q+2;;;/p-2. The molecule has 0 atom stereocenters. The largest absolute Gasteiger partial charge is 2.00 e. The van der Waals surface area contributed by atoms with Gasteiger partial charge in [0.15, 0.2) is 0 Å². The molecule has 0 heterocycles. The van der Waals surface area contributed by atoms with Crippen LogP contribution in [0.4, 0.5) is 0 Å². The summed E-state index contributed by atoms with van der Waals surface area (Å²) in [6, 6.07) is 0. The Hall–Kier alpha value is 1.36. The van der Waals surface area contributed by atoms with Crippen molar-refractivity contribution in [3.8, 4) is 0 Å². The Kier molecular flexibility index (Phi) is 363. The normalized spacial score (nSPS) is 1.80. The minimum Gasteiger partial charge on any atom is -0.870 e. The zero-order valence-corrected chi connectivity index (χ0v) is 7.26. The molecule has 30 valence electrons. The molecule has 0 aliphatic heterocycles. The van der Waals surface area contributed by atoms with Crippen molar-refractivity contribution in [3.05, 3.63) is 0 Å². The second-order valence-corrected chi connectivity index (χ2v) is 0. The van der Waals surface area contributed by atoms with Crippen molar-refractivity contribution in [2.45, 2.75) is 0 Å². The zero-order valence-electron chi connectivity index (χ0n) is 3.05. The van der Waals surface area contributed by atoms with Gasteiger partial charge in [-0.1, -0.05) is 0 Å². The fourth-order valence-corrected chi connectivity index (χ4v) is 0. The summed E-state index contributed by atoms with van der Waals surface area (Å²) in [6.45, 7) is 0. The first-order chi connectivity index (χ1) is 1.00. The Balaban J connectivity index is -0.00000000167. The van der Waals surface area contributed by atoms with Gasteiger partial charge in [-0.25, -0.2) is 0 Å². The Bertz CT molecular complexity index is 6.85. The molecule has 5 heteroatoms. The monoisotopic (exact) mass is 122 g/mol. The molecule has 0 rings (SSSR count). The van der Waals surface area contributed by atoms with Crippen LogP contribution in [0.3, 0.4) is 0 Å². The van der Waals surface area contributed by atoms with Crippen LogP contribution in [0.25, 0.3) is 0 Å². The van der Waals surface area contributed by atoms with Crippen molar-refractivity contribution in [2.75, 3.05) is 0 Å². The van der Waals surface area contributed by atoms with E-state index in [2.05, 4.69) is 0 Å². The molecule has 0 aromatic carbocycles. The molecule has 0 saturated carbocycles. The van der Waals surface area contributed by atoms with E-state index >= 15 is 0 Å². The van der Waals surface area contributed by atoms with E-state index in [-0.39, 0.29) is 48.7 Å². The first-order valence-corrected chi connectivity index (χ1v) is 1.34. The van der Waals surface area contributed by atoms with Crippen molar-refractivity contribution in [3.63, 3.8) is 0 Å². The minimum atomic E-state index is 0. The molecular weight excluding hydrogens is 116 g/mol. The summed E-state index contributed by atoms with van der Waals surface area (Å²) in [6.07, 6.45) is 0. The van der Waals surface area contributed by atoms with Crippen molar-refractivity contribution in [1.29, 1.82) is 0 Å². The molecular formula is H6CaO3Si. The number of rotatable bonds is 0. The van der Waals surface area contributed by atoms with E-state index in [4.69, 9.17) is 4.80 Å². The van der Waals surface area contributed by atoms with Gasteiger partial charge in [0.2, 0.25) is 0 Å². The fraction of sp³-hybridized carbons (Fsp3) is 0. The van der Waals surface area contributed by atoms with Crippen LogP contribution in [0, 0.1) is 0 Å². The van der Waals surface area contributed by atoms with Gasteiger partial charge in [-0.05, 0) is 0 Å². The second-order valence-electron chi connectivity index (χ2n) is 0. The van der Waals surface area contributed by atoms with Crippen LogP contribution in [0.5, 0.6) is 0 Å². The molecule has 3 N–H and O–H groups in total. The van der Waals surface area contributed by atoms with E-state index in [1.807, 2.05) is 0 Å². The quantitative estimate of drug-likeness (QED) is 0.361. The predicted molar refractivity (Wildman–Crippen MR) is 21.8 cm³/mol. The Morgan fingerprint density at radius 3 is 1.00 bits per heavy atom. The summed E-state index contributed by atoms with van der Waals surface area (Å²) in [5, 5.41) is 0. The summed E-state index contributed by atoms with van der Waals surface area (Å²) in [5.41, 5.74) is 0. The molecule has 0 fully saturated rings. The third kappa shape index (κ3) is 32.8. The summed E-state index contributed by atoms with van der Waals surface area (Å²) in [7, 11) is 0.306. The summed E-state index contributed by atoms with van der Waals surface area (Å²) in [5.74, 6) is 0. The molecule has 5 heavy (non-hydrogen) atoms. The molecule has 0 aromatic heterocycles. The molecule has 0 aromatic rings. The minimum absolute atomic E-state index is 0. The maximum absolute atomic E-state index is 7.14. The van der Waals surface area contributed by atoms with Gasteiger partial charge in [-0.15, -0.1) is 0 Å². The summed E-state index contributed by atoms with van der Waals surface area (Å²) < 4.78 is 0. The van der Waals surface area contributed by atoms with Gasteiger partial charge in [-0.2, -0.15) is 0 Å². The Morgan fingerprint density at radius 1 is 1.00 bits per heavy atom. The molecule has 0 amide bonds. The Morgan fingerprint density at radius 2 is 1.00 bits per heavy atom. The zero-order chi connectivity index (χ0) is 2.00. The van der Waals surface area contributed by atoms with Crippen LogP contribution in [-0.4, -0.2) is 64.0 Å². The average Bonchev–Trinajstić information content (AvgIpc) is 1.00. The van der Waals surface area contributed by atoms with E-state index in [0.717, 1.165) is 0 Å². The molecule has 0 radical (unpaired) electrons. The van der Waals surface area contributed by atoms with Gasteiger partial charge in [-0.3, -0.25) is 0 Å². The predicted octanol–water partition coefficient (Wildman–Crippen LogP) is -2.48. The van der Waals surface area contributed by atoms with Crippen molar-refractivity contribution in [2.24, 2.45) is 0 Å². The van der Waals surface area contributed by atoms with E-state index in [9.17, 15) is 0 Å². The second kappa shape index (κ2) is 55.2. The SMILES string of the molecule is O[SiH3].[Ca+2].[OH-].[OH-]. The smallest absolute Gasteiger partial charge is 0.870 e. The molecule has 3 nitrogen and oxygen atoms in total. The van der Waals surface area contributed by atoms with Gasteiger partial charge in [0.1, 0.15) is 10.5 Å². The van der Waals surface area contributed by atoms with E-state index in [1.54, 1.807) is 0 Å². The molecule has 0 aliphatic carbocycles. The van der Waals surface area contributed by atoms with Gasteiger partial charge in [0.05, 0.1) is 0 Å². The Labute approximate surface area is 63.5 Å². The molecule has 0 bridgehead atoms. The van der Waals surface area contributed by atoms with Crippen LogP contribution in [0.15, 0.2) is 0 Å². The first kappa shape index (κ1) is 32.8. The molecule has 0 unspecified atom stereocenters. The first-order valence-electron chi connectivity index (χ1n) is 0.447. The molecule has 0 saturated heterocycles. The topological polar surface area (TPSA) is 80.2 Å². The van der Waals surface area contributed by atoms with Crippen LogP contribution in [0.1, 0.15) is 0 Å². The van der Waals surface area contributed by atoms with Gasteiger partial charge in [0, 0.05) is 0 Å². The molecule has 0 spiro atoms. The number of hydrogen-bond donors (Lipinski definition) is 1. The van der Waals surface area contributed by atoms with Crippen molar-refractivity contribution >= 4 is 48.2 Å². The van der Waals surface area contributed by atoms with Gasteiger partial charge in [0.25, 0.3) is 0 Å². The van der Waals surface area contributed by atoms with E-state index < -0.39 is 0 Å². The fourth-order valence-electron chi connectivity index (χ4n) is 0. The van der Waals surface area contributed by atoms with Gasteiger partial charge < -0.3 is 15.7 Å². The van der Waals surface area contributed by atoms with Crippen LogP contribution < -0.4 is 0 Å². The summed E-state index contributed by atoms with van der Waals surface area (Å²) >= 11 is 0. The third-order valence-corrected chi connectivity index (χ3v) is 0. The van der Waals surface area contributed by atoms with Crippen molar-refractivity contribution < 1.29 is 15.7 Å². The maximum atomic E-state index is 7.14. The molecule has 0 aliphatic rings. The van der Waals surface area contributed by atoms with Crippen LogP contribution >= 0.6 is 0 Å².